The smallest absolute Gasteiger partial charge is 0.257 e. The van der Waals surface area contributed by atoms with Gasteiger partial charge in [-0.3, -0.25) is 9.59 Å². The van der Waals surface area contributed by atoms with Gasteiger partial charge in [-0.1, -0.05) is 12.1 Å². The molecule has 2 aliphatic heterocycles. The molecule has 2 aliphatic rings. The van der Waals surface area contributed by atoms with Crippen LogP contribution in [0.4, 0.5) is 0 Å². The molecule has 0 aromatic heterocycles. The zero-order chi connectivity index (χ0) is 18.8. The normalized spacial score (nSPS) is 16.1. The van der Waals surface area contributed by atoms with Gasteiger partial charge in [0.05, 0.1) is 5.56 Å². The first-order chi connectivity index (χ1) is 13.1. The van der Waals surface area contributed by atoms with Crippen molar-refractivity contribution in [3.05, 3.63) is 53.6 Å². The third-order valence-corrected chi connectivity index (χ3v) is 4.82. The monoisotopic (exact) mass is 368 g/mol. The predicted molar refractivity (Wildman–Crippen MR) is 97.1 cm³/mol. The van der Waals surface area contributed by atoms with Gasteiger partial charge in [0.2, 0.25) is 6.79 Å². The Morgan fingerprint density at radius 3 is 2.33 bits per heavy atom. The maximum atomic E-state index is 12.8. The van der Waals surface area contributed by atoms with E-state index in [2.05, 4.69) is 0 Å². The Hall–Kier alpha value is -3.22. The molecule has 140 valence electrons. The zero-order valence-electron chi connectivity index (χ0n) is 14.8. The Bertz CT molecular complexity index is 882. The molecule has 0 spiro atoms. The fourth-order valence-corrected chi connectivity index (χ4v) is 3.36. The van der Waals surface area contributed by atoms with Gasteiger partial charge in [0.25, 0.3) is 11.8 Å². The third-order valence-electron chi connectivity index (χ3n) is 4.82. The van der Waals surface area contributed by atoms with Crippen molar-refractivity contribution in [2.75, 3.05) is 33.0 Å². The molecule has 2 heterocycles. The molecule has 0 radical (unpaired) electrons. The summed E-state index contributed by atoms with van der Waals surface area (Å²) in [5.41, 5.74) is 0.827. The molecule has 2 amide bonds. The number of phenolic OH excluding ortho intramolecular Hbond substituents is 1. The van der Waals surface area contributed by atoms with E-state index in [-0.39, 0.29) is 29.9 Å². The van der Waals surface area contributed by atoms with Crippen LogP contribution in [0, 0.1) is 0 Å². The average Bonchev–Trinajstić information content (AvgIpc) is 3.02. The van der Waals surface area contributed by atoms with Crippen molar-refractivity contribution in [1.29, 1.82) is 0 Å². The van der Waals surface area contributed by atoms with Crippen LogP contribution >= 0.6 is 0 Å². The fraction of sp³-hybridized carbons (Fsp3) is 0.300. The second-order valence-electron chi connectivity index (χ2n) is 6.52. The third kappa shape index (κ3) is 3.40. The molecular formula is C20H20N2O5. The molecular weight excluding hydrogens is 348 g/mol. The first-order valence-electron chi connectivity index (χ1n) is 8.89. The Labute approximate surface area is 156 Å². The highest BCUT2D eigenvalue weighted by Gasteiger charge is 2.25. The number of aromatic hydroxyl groups is 1. The van der Waals surface area contributed by atoms with Crippen molar-refractivity contribution in [3.8, 4) is 17.2 Å². The predicted octanol–water partition coefficient (Wildman–Crippen LogP) is 2.11. The van der Waals surface area contributed by atoms with Crippen LogP contribution in [0.25, 0.3) is 0 Å². The number of amides is 2. The summed E-state index contributed by atoms with van der Waals surface area (Å²) in [7, 11) is 0. The van der Waals surface area contributed by atoms with Crippen LogP contribution in [0.3, 0.4) is 0 Å². The lowest BCUT2D eigenvalue weighted by Gasteiger charge is -2.22. The highest BCUT2D eigenvalue weighted by atomic mass is 16.7. The average molecular weight is 368 g/mol. The van der Waals surface area contributed by atoms with Crippen LogP contribution in [0.2, 0.25) is 0 Å². The van der Waals surface area contributed by atoms with E-state index in [1.807, 2.05) is 0 Å². The van der Waals surface area contributed by atoms with Gasteiger partial charge in [-0.05, 0) is 36.8 Å². The largest absolute Gasteiger partial charge is 0.507 e. The van der Waals surface area contributed by atoms with Crippen LogP contribution in [0.1, 0.15) is 27.1 Å². The van der Waals surface area contributed by atoms with Crippen LogP contribution in [-0.2, 0) is 0 Å². The van der Waals surface area contributed by atoms with Gasteiger partial charge in [0, 0.05) is 31.7 Å². The number of nitrogens with zero attached hydrogens (tertiary/aromatic N) is 2. The lowest BCUT2D eigenvalue weighted by atomic mass is 10.1. The summed E-state index contributed by atoms with van der Waals surface area (Å²) >= 11 is 0. The maximum absolute atomic E-state index is 12.8. The van der Waals surface area contributed by atoms with E-state index in [1.54, 1.807) is 46.2 Å². The number of rotatable bonds is 2. The number of benzene rings is 2. The number of carbonyl (C=O) groups is 2. The van der Waals surface area contributed by atoms with Crippen molar-refractivity contribution >= 4 is 11.8 Å². The van der Waals surface area contributed by atoms with E-state index in [0.29, 0.717) is 49.7 Å². The van der Waals surface area contributed by atoms with Gasteiger partial charge in [-0.2, -0.15) is 0 Å². The van der Waals surface area contributed by atoms with E-state index in [9.17, 15) is 14.7 Å². The summed E-state index contributed by atoms with van der Waals surface area (Å²) in [4.78, 5) is 28.9. The van der Waals surface area contributed by atoms with Gasteiger partial charge in [-0.25, -0.2) is 0 Å². The molecule has 2 aromatic carbocycles. The number of hydrogen-bond donors (Lipinski definition) is 1. The first kappa shape index (κ1) is 17.2. The molecule has 7 heteroatoms. The lowest BCUT2D eigenvalue weighted by molar-refractivity contribution is 0.0717. The zero-order valence-corrected chi connectivity index (χ0v) is 14.8. The SMILES string of the molecule is O=C(c1ccc2c(c1)OCO2)N1CCCN(C(=O)c2ccccc2O)CC1. The van der Waals surface area contributed by atoms with E-state index in [1.165, 1.54) is 6.07 Å². The van der Waals surface area contributed by atoms with E-state index < -0.39 is 0 Å². The quantitative estimate of drug-likeness (QED) is 0.878. The Morgan fingerprint density at radius 2 is 1.56 bits per heavy atom. The molecule has 1 saturated heterocycles. The Balaban J connectivity index is 1.45. The summed E-state index contributed by atoms with van der Waals surface area (Å²) in [6.07, 6.45) is 0.676. The molecule has 0 aliphatic carbocycles. The molecule has 2 aromatic rings. The number of para-hydroxylation sites is 1. The van der Waals surface area contributed by atoms with Crippen molar-refractivity contribution in [1.82, 2.24) is 9.80 Å². The van der Waals surface area contributed by atoms with E-state index >= 15 is 0 Å². The van der Waals surface area contributed by atoms with Gasteiger partial charge < -0.3 is 24.4 Å². The summed E-state index contributed by atoms with van der Waals surface area (Å²) in [5.74, 6) is 0.879. The molecule has 27 heavy (non-hydrogen) atoms. The standard InChI is InChI=1S/C20H20N2O5/c23-16-5-2-1-4-15(16)20(25)22-9-3-8-21(10-11-22)19(24)14-6-7-17-18(12-14)27-13-26-17/h1-2,4-7,12,23H,3,8-11,13H2. The number of fused-ring (bicyclic) bond motifs is 1. The number of phenols is 1. The number of ether oxygens (including phenoxy) is 2. The highest BCUT2D eigenvalue weighted by Crippen LogP contribution is 2.33. The molecule has 1 N–H and O–H groups in total. The van der Waals surface area contributed by atoms with Crippen LogP contribution in [-0.4, -0.2) is 59.7 Å². The minimum absolute atomic E-state index is 0.0277. The van der Waals surface area contributed by atoms with Gasteiger partial charge in [0.1, 0.15) is 5.75 Å². The van der Waals surface area contributed by atoms with Crippen molar-refractivity contribution in [2.45, 2.75) is 6.42 Å². The fourth-order valence-electron chi connectivity index (χ4n) is 3.36. The van der Waals surface area contributed by atoms with E-state index in [0.717, 1.165) is 0 Å². The van der Waals surface area contributed by atoms with Gasteiger partial charge in [0.15, 0.2) is 11.5 Å². The maximum Gasteiger partial charge on any atom is 0.257 e. The summed E-state index contributed by atoms with van der Waals surface area (Å²) in [6.45, 7) is 2.13. The number of hydrogen-bond acceptors (Lipinski definition) is 5. The van der Waals surface area contributed by atoms with Crippen LogP contribution < -0.4 is 9.47 Å². The van der Waals surface area contributed by atoms with Gasteiger partial charge >= 0.3 is 0 Å². The Kier molecular flexibility index (Phi) is 4.58. The minimum Gasteiger partial charge on any atom is -0.507 e. The van der Waals surface area contributed by atoms with E-state index in [4.69, 9.17) is 9.47 Å². The summed E-state index contributed by atoms with van der Waals surface area (Å²) in [6, 6.07) is 11.7. The highest BCUT2D eigenvalue weighted by molar-refractivity contribution is 5.97. The molecule has 0 unspecified atom stereocenters. The summed E-state index contributed by atoms with van der Waals surface area (Å²) in [5, 5.41) is 9.91. The van der Waals surface area contributed by atoms with Crippen molar-refractivity contribution < 1.29 is 24.2 Å². The Morgan fingerprint density at radius 1 is 0.852 bits per heavy atom. The molecule has 4 rings (SSSR count). The minimum atomic E-state index is -0.217. The first-order valence-corrected chi connectivity index (χ1v) is 8.89. The molecule has 0 atom stereocenters. The molecule has 7 nitrogen and oxygen atoms in total. The number of carbonyl (C=O) groups excluding carboxylic acids is 2. The molecule has 0 bridgehead atoms. The van der Waals surface area contributed by atoms with Crippen molar-refractivity contribution in [2.24, 2.45) is 0 Å². The van der Waals surface area contributed by atoms with Gasteiger partial charge in [-0.15, -0.1) is 0 Å². The second-order valence-corrected chi connectivity index (χ2v) is 6.52. The van der Waals surface area contributed by atoms with Crippen LogP contribution in [0.15, 0.2) is 42.5 Å². The summed E-state index contributed by atoms with van der Waals surface area (Å²) < 4.78 is 10.6. The van der Waals surface area contributed by atoms with Crippen molar-refractivity contribution in [3.63, 3.8) is 0 Å². The topological polar surface area (TPSA) is 79.3 Å². The van der Waals surface area contributed by atoms with Crippen LogP contribution in [0.5, 0.6) is 17.2 Å². The molecule has 1 fully saturated rings. The molecule has 0 saturated carbocycles. The lowest BCUT2D eigenvalue weighted by Crippen LogP contribution is -2.37. The second kappa shape index (κ2) is 7.19.